The smallest absolute Gasteiger partial charge is 0.262 e. The molecule has 1 aromatic carbocycles. The van der Waals surface area contributed by atoms with E-state index in [-0.39, 0.29) is 10.6 Å². The molecule has 0 atom stereocenters. The van der Waals surface area contributed by atoms with Crippen molar-refractivity contribution < 1.29 is 17.2 Å². The molecule has 1 heterocycles. The first-order chi connectivity index (χ1) is 9.42. The van der Waals surface area contributed by atoms with Crippen molar-refractivity contribution in [1.82, 2.24) is 5.32 Å². The number of hydrogen-bond donors (Lipinski definition) is 2. The summed E-state index contributed by atoms with van der Waals surface area (Å²) in [5.74, 6) is -1.73. The lowest BCUT2D eigenvalue weighted by atomic mass is 10.3. The quantitative estimate of drug-likeness (QED) is 0.891. The number of halogens is 2. The van der Waals surface area contributed by atoms with Gasteiger partial charge >= 0.3 is 0 Å². The first kappa shape index (κ1) is 14.9. The third-order valence-electron chi connectivity index (χ3n) is 2.47. The molecule has 0 bridgehead atoms. The summed E-state index contributed by atoms with van der Waals surface area (Å²) in [4.78, 5) is 0.893. The summed E-state index contributed by atoms with van der Waals surface area (Å²) in [7, 11) is -2.13. The molecule has 2 N–H and O–H groups in total. The third-order valence-corrected chi connectivity index (χ3v) is 4.90. The Hall–Kier alpha value is -1.51. The standard InChI is InChI=1S/C12H12F2N2O2S2/c1-15-6-9-5-10(7-19-9)20(17,18)16-12-3-2-8(13)4-11(12)14/h2-5,7,15-16H,6H2,1H3. The van der Waals surface area contributed by atoms with Crippen molar-refractivity contribution in [1.29, 1.82) is 0 Å². The molecule has 0 saturated heterocycles. The van der Waals surface area contributed by atoms with Gasteiger partial charge in [0.2, 0.25) is 0 Å². The lowest BCUT2D eigenvalue weighted by Crippen LogP contribution is -2.13. The first-order valence-electron chi connectivity index (χ1n) is 5.62. The predicted octanol–water partition coefficient (Wildman–Crippen LogP) is 2.55. The van der Waals surface area contributed by atoms with Crippen LogP contribution in [-0.4, -0.2) is 15.5 Å². The molecule has 2 aromatic rings. The van der Waals surface area contributed by atoms with E-state index in [1.807, 2.05) is 0 Å². The van der Waals surface area contributed by atoms with Crippen LogP contribution in [0.5, 0.6) is 0 Å². The molecule has 0 aliphatic carbocycles. The van der Waals surface area contributed by atoms with Crippen LogP contribution in [0.3, 0.4) is 0 Å². The van der Waals surface area contributed by atoms with Crippen LogP contribution >= 0.6 is 11.3 Å². The van der Waals surface area contributed by atoms with Crippen LogP contribution in [0, 0.1) is 11.6 Å². The summed E-state index contributed by atoms with van der Waals surface area (Å²) in [5.41, 5.74) is -0.284. The zero-order valence-corrected chi connectivity index (χ0v) is 12.1. The molecule has 0 spiro atoms. The topological polar surface area (TPSA) is 58.2 Å². The van der Waals surface area contributed by atoms with Gasteiger partial charge in [-0.3, -0.25) is 4.72 Å². The fraction of sp³-hybridized carbons (Fsp3) is 0.167. The van der Waals surface area contributed by atoms with Crippen molar-refractivity contribution in [2.24, 2.45) is 0 Å². The molecule has 20 heavy (non-hydrogen) atoms. The largest absolute Gasteiger partial charge is 0.315 e. The van der Waals surface area contributed by atoms with E-state index in [1.54, 1.807) is 7.05 Å². The van der Waals surface area contributed by atoms with Crippen molar-refractivity contribution in [3.05, 3.63) is 46.2 Å². The molecule has 0 aliphatic heterocycles. The van der Waals surface area contributed by atoms with Crippen molar-refractivity contribution in [3.63, 3.8) is 0 Å². The highest BCUT2D eigenvalue weighted by atomic mass is 32.2. The van der Waals surface area contributed by atoms with E-state index >= 15 is 0 Å². The van der Waals surface area contributed by atoms with Crippen LogP contribution in [-0.2, 0) is 16.6 Å². The van der Waals surface area contributed by atoms with Gasteiger partial charge in [-0.2, -0.15) is 0 Å². The van der Waals surface area contributed by atoms with Gasteiger partial charge in [0.25, 0.3) is 10.0 Å². The normalized spacial score (nSPS) is 11.6. The van der Waals surface area contributed by atoms with Crippen LogP contribution < -0.4 is 10.0 Å². The molecule has 108 valence electrons. The SMILES string of the molecule is CNCc1cc(S(=O)(=O)Nc2ccc(F)cc2F)cs1. The number of thiophene rings is 1. The summed E-state index contributed by atoms with van der Waals surface area (Å²) in [5, 5.41) is 4.38. The van der Waals surface area contributed by atoms with E-state index in [0.717, 1.165) is 17.0 Å². The van der Waals surface area contributed by atoms with E-state index in [0.29, 0.717) is 12.6 Å². The van der Waals surface area contributed by atoms with Gasteiger partial charge in [-0.25, -0.2) is 17.2 Å². The van der Waals surface area contributed by atoms with Crippen molar-refractivity contribution in [2.45, 2.75) is 11.4 Å². The molecular formula is C12H12F2N2O2S2. The second-order valence-electron chi connectivity index (χ2n) is 4.01. The van der Waals surface area contributed by atoms with E-state index in [2.05, 4.69) is 10.0 Å². The Morgan fingerprint density at radius 1 is 1.25 bits per heavy atom. The Bertz CT molecular complexity index is 714. The Balaban J connectivity index is 2.26. The summed E-state index contributed by atoms with van der Waals surface area (Å²) >= 11 is 1.28. The van der Waals surface area contributed by atoms with Crippen molar-refractivity contribution >= 4 is 27.0 Å². The Morgan fingerprint density at radius 2 is 2.00 bits per heavy atom. The Kier molecular flexibility index (Phi) is 4.36. The number of nitrogens with one attached hydrogen (secondary N) is 2. The fourth-order valence-corrected chi connectivity index (χ4v) is 3.90. The molecule has 0 amide bonds. The lowest BCUT2D eigenvalue weighted by Gasteiger charge is -2.07. The molecule has 0 aliphatic rings. The van der Waals surface area contributed by atoms with Gasteiger partial charge in [0, 0.05) is 22.9 Å². The van der Waals surface area contributed by atoms with E-state index in [9.17, 15) is 17.2 Å². The Morgan fingerprint density at radius 3 is 2.65 bits per heavy atom. The van der Waals surface area contributed by atoms with E-state index < -0.39 is 21.7 Å². The molecule has 4 nitrogen and oxygen atoms in total. The van der Waals surface area contributed by atoms with Gasteiger partial charge in [-0.15, -0.1) is 11.3 Å². The minimum Gasteiger partial charge on any atom is -0.315 e. The number of sulfonamides is 1. The molecule has 2 rings (SSSR count). The molecular weight excluding hydrogens is 306 g/mol. The van der Waals surface area contributed by atoms with Crippen LogP contribution in [0.4, 0.5) is 14.5 Å². The van der Waals surface area contributed by atoms with E-state index in [1.165, 1.54) is 22.8 Å². The van der Waals surface area contributed by atoms with Gasteiger partial charge in [-0.1, -0.05) is 0 Å². The fourth-order valence-electron chi connectivity index (χ4n) is 1.54. The second-order valence-corrected chi connectivity index (χ2v) is 6.69. The van der Waals surface area contributed by atoms with Gasteiger partial charge in [0.15, 0.2) is 0 Å². The third kappa shape index (κ3) is 3.33. The van der Waals surface area contributed by atoms with Crippen LogP contribution in [0.15, 0.2) is 34.5 Å². The Labute approximate surface area is 119 Å². The zero-order valence-electron chi connectivity index (χ0n) is 10.5. The maximum absolute atomic E-state index is 13.4. The first-order valence-corrected chi connectivity index (χ1v) is 7.98. The molecule has 0 saturated carbocycles. The summed E-state index contributed by atoms with van der Waals surface area (Å²) in [6.45, 7) is 0.547. The monoisotopic (exact) mass is 318 g/mol. The number of anilines is 1. The summed E-state index contributed by atoms with van der Waals surface area (Å²) < 4.78 is 52.5. The highest BCUT2D eigenvalue weighted by molar-refractivity contribution is 7.92. The number of hydrogen-bond acceptors (Lipinski definition) is 4. The average Bonchev–Trinajstić information content (AvgIpc) is 2.83. The predicted molar refractivity (Wildman–Crippen MR) is 74.2 cm³/mol. The highest BCUT2D eigenvalue weighted by Crippen LogP contribution is 2.23. The molecule has 8 heteroatoms. The van der Waals surface area contributed by atoms with Crippen molar-refractivity contribution in [3.8, 4) is 0 Å². The van der Waals surface area contributed by atoms with E-state index in [4.69, 9.17) is 0 Å². The maximum Gasteiger partial charge on any atom is 0.262 e. The minimum absolute atomic E-state index is 0.0523. The van der Waals surface area contributed by atoms with Crippen LogP contribution in [0.2, 0.25) is 0 Å². The zero-order chi connectivity index (χ0) is 14.8. The molecule has 0 radical (unpaired) electrons. The van der Waals surface area contributed by atoms with Crippen LogP contribution in [0.1, 0.15) is 4.88 Å². The molecule has 0 fully saturated rings. The van der Waals surface area contributed by atoms with Gasteiger partial charge in [0.1, 0.15) is 11.6 Å². The summed E-state index contributed by atoms with van der Waals surface area (Å²) in [6.07, 6.45) is 0. The van der Waals surface area contributed by atoms with Gasteiger partial charge < -0.3 is 5.32 Å². The minimum atomic E-state index is -3.88. The van der Waals surface area contributed by atoms with Crippen molar-refractivity contribution in [2.75, 3.05) is 11.8 Å². The maximum atomic E-state index is 13.4. The van der Waals surface area contributed by atoms with Crippen LogP contribution in [0.25, 0.3) is 0 Å². The lowest BCUT2D eigenvalue weighted by molar-refractivity contribution is 0.583. The number of rotatable bonds is 5. The number of benzene rings is 1. The molecule has 1 aromatic heterocycles. The second kappa shape index (κ2) is 5.86. The highest BCUT2D eigenvalue weighted by Gasteiger charge is 2.18. The molecule has 0 unspecified atom stereocenters. The average molecular weight is 318 g/mol. The summed E-state index contributed by atoms with van der Waals surface area (Å²) in [6, 6.07) is 4.16. The van der Waals surface area contributed by atoms with Gasteiger partial charge in [-0.05, 0) is 25.2 Å². The van der Waals surface area contributed by atoms with Gasteiger partial charge in [0.05, 0.1) is 10.6 Å².